The van der Waals surface area contributed by atoms with Gasteiger partial charge in [-0.25, -0.2) is 0 Å². The minimum atomic E-state index is 0.366. The van der Waals surface area contributed by atoms with E-state index in [0.717, 1.165) is 13.1 Å². The van der Waals surface area contributed by atoms with E-state index in [0.29, 0.717) is 29.8 Å². The first-order valence-corrected chi connectivity index (χ1v) is 7.81. The fourth-order valence-electron chi connectivity index (χ4n) is 2.03. The molecule has 0 saturated heterocycles. The number of thioether (sulfide) groups is 1. The van der Waals surface area contributed by atoms with Crippen LogP contribution in [0.3, 0.4) is 0 Å². The van der Waals surface area contributed by atoms with Crippen LogP contribution < -0.4 is 10.6 Å². The Kier molecular flexibility index (Phi) is 5.47. The monoisotopic (exact) mass is 286 g/mol. The molecule has 0 radical (unpaired) electrons. The van der Waals surface area contributed by atoms with Gasteiger partial charge in [-0.05, 0) is 19.1 Å². The number of hydrogen-bond donors (Lipinski definition) is 2. The number of anilines is 1. The summed E-state index contributed by atoms with van der Waals surface area (Å²) in [6, 6.07) is 0.517. The lowest BCUT2D eigenvalue weighted by Gasteiger charge is -2.40. The van der Waals surface area contributed by atoms with Gasteiger partial charge in [0.25, 0.3) is 0 Å². The topological polar surface area (TPSA) is 72.2 Å². The number of aromatic nitrogens is 2. The quantitative estimate of drug-likeness (QED) is 0.666. The standard InChI is InChI=1S/C12H22N4O2S/c1-17-7-6-13-8-10-15-16-11(18-10)14-9-12(19-2)4-3-5-12/h13H,3-9H2,1-2H3,(H,14,16). The molecule has 0 aliphatic heterocycles. The fourth-order valence-corrected chi connectivity index (χ4v) is 2.94. The molecular weight excluding hydrogens is 264 g/mol. The van der Waals surface area contributed by atoms with Crippen LogP contribution >= 0.6 is 11.8 Å². The molecule has 6 nitrogen and oxygen atoms in total. The largest absolute Gasteiger partial charge is 0.407 e. The maximum Gasteiger partial charge on any atom is 0.315 e. The lowest BCUT2D eigenvalue weighted by Crippen LogP contribution is -2.40. The molecule has 0 amide bonds. The van der Waals surface area contributed by atoms with E-state index in [1.54, 1.807) is 7.11 Å². The van der Waals surface area contributed by atoms with E-state index in [-0.39, 0.29) is 0 Å². The van der Waals surface area contributed by atoms with Gasteiger partial charge >= 0.3 is 6.01 Å². The highest BCUT2D eigenvalue weighted by Crippen LogP contribution is 2.42. The number of ether oxygens (including phenoxy) is 1. The van der Waals surface area contributed by atoms with Crippen molar-refractivity contribution in [2.24, 2.45) is 0 Å². The highest BCUT2D eigenvalue weighted by Gasteiger charge is 2.36. The summed E-state index contributed by atoms with van der Waals surface area (Å²) >= 11 is 1.93. The highest BCUT2D eigenvalue weighted by molar-refractivity contribution is 8.00. The minimum Gasteiger partial charge on any atom is -0.407 e. The van der Waals surface area contributed by atoms with Crippen molar-refractivity contribution in [1.29, 1.82) is 0 Å². The van der Waals surface area contributed by atoms with Gasteiger partial charge in [-0.1, -0.05) is 11.5 Å². The van der Waals surface area contributed by atoms with Gasteiger partial charge in [0.05, 0.1) is 13.2 Å². The summed E-state index contributed by atoms with van der Waals surface area (Å²) < 4.78 is 10.8. The molecule has 108 valence electrons. The third kappa shape index (κ3) is 4.09. The second kappa shape index (κ2) is 7.12. The van der Waals surface area contributed by atoms with Gasteiger partial charge in [-0.15, -0.1) is 5.10 Å². The molecule has 1 heterocycles. The zero-order valence-corrected chi connectivity index (χ0v) is 12.4. The van der Waals surface area contributed by atoms with Crippen LogP contribution in [-0.4, -0.2) is 48.0 Å². The summed E-state index contributed by atoms with van der Waals surface area (Å²) in [6.07, 6.45) is 6.02. The van der Waals surface area contributed by atoms with Crippen LogP contribution in [0.2, 0.25) is 0 Å². The molecule has 0 atom stereocenters. The zero-order valence-electron chi connectivity index (χ0n) is 11.6. The van der Waals surface area contributed by atoms with Crippen LogP contribution in [0.25, 0.3) is 0 Å². The molecule has 19 heavy (non-hydrogen) atoms. The van der Waals surface area contributed by atoms with Crippen LogP contribution in [0.1, 0.15) is 25.2 Å². The van der Waals surface area contributed by atoms with Gasteiger partial charge in [0.15, 0.2) is 0 Å². The summed E-state index contributed by atoms with van der Waals surface area (Å²) in [4.78, 5) is 0. The van der Waals surface area contributed by atoms with E-state index in [2.05, 4.69) is 27.1 Å². The van der Waals surface area contributed by atoms with E-state index in [1.807, 2.05) is 11.8 Å². The molecular formula is C12H22N4O2S. The number of nitrogens with zero attached hydrogens (tertiary/aromatic N) is 2. The van der Waals surface area contributed by atoms with Crippen LogP contribution in [-0.2, 0) is 11.3 Å². The van der Waals surface area contributed by atoms with Crippen molar-refractivity contribution in [3.8, 4) is 0 Å². The molecule has 0 aromatic carbocycles. The Morgan fingerprint density at radius 1 is 1.42 bits per heavy atom. The number of nitrogens with one attached hydrogen (secondary N) is 2. The molecule has 1 aliphatic carbocycles. The summed E-state index contributed by atoms with van der Waals surface area (Å²) in [5, 5.41) is 14.4. The van der Waals surface area contributed by atoms with Gasteiger partial charge in [0.1, 0.15) is 0 Å². The van der Waals surface area contributed by atoms with E-state index in [9.17, 15) is 0 Å². The molecule has 0 unspecified atom stereocenters. The number of hydrogen-bond acceptors (Lipinski definition) is 7. The number of rotatable bonds is 9. The van der Waals surface area contributed by atoms with E-state index >= 15 is 0 Å². The second-order valence-electron chi connectivity index (χ2n) is 4.76. The Bertz CT molecular complexity index is 376. The first-order chi connectivity index (χ1) is 9.28. The van der Waals surface area contributed by atoms with Gasteiger partial charge in [0.2, 0.25) is 5.89 Å². The van der Waals surface area contributed by atoms with Gasteiger partial charge in [-0.3, -0.25) is 0 Å². The average molecular weight is 286 g/mol. The van der Waals surface area contributed by atoms with Crippen molar-refractivity contribution >= 4 is 17.8 Å². The zero-order chi connectivity index (χ0) is 13.6. The Morgan fingerprint density at radius 2 is 2.26 bits per heavy atom. The maximum atomic E-state index is 5.53. The predicted octanol–water partition coefficient (Wildman–Crippen LogP) is 1.50. The molecule has 1 saturated carbocycles. The molecule has 7 heteroatoms. The third-order valence-corrected chi connectivity index (χ3v) is 4.90. The molecule has 1 aliphatic rings. The van der Waals surface area contributed by atoms with Crippen molar-refractivity contribution in [3.05, 3.63) is 5.89 Å². The molecule has 0 spiro atoms. The summed E-state index contributed by atoms with van der Waals surface area (Å²) in [5.74, 6) is 0.602. The molecule has 2 rings (SSSR count). The van der Waals surface area contributed by atoms with Crippen LogP contribution in [0, 0.1) is 0 Å². The fraction of sp³-hybridized carbons (Fsp3) is 0.833. The summed E-state index contributed by atoms with van der Waals surface area (Å²) in [6.45, 7) is 2.92. The molecule has 0 bridgehead atoms. The van der Waals surface area contributed by atoms with Crippen LogP contribution in [0.5, 0.6) is 0 Å². The first-order valence-electron chi connectivity index (χ1n) is 6.59. The van der Waals surface area contributed by atoms with Crippen molar-refractivity contribution < 1.29 is 9.15 Å². The average Bonchev–Trinajstić information content (AvgIpc) is 2.82. The van der Waals surface area contributed by atoms with Gasteiger partial charge < -0.3 is 19.8 Å². The van der Waals surface area contributed by atoms with Gasteiger partial charge in [0, 0.05) is 24.9 Å². The summed E-state index contributed by atoms with van der Waals surface area (Å²) in [5.41, 5.74) is 0. The Labute approximate surface area is 118 Å². The summed E-state index contributed by atoms with van der Waals surface area (Å²) in [7, 11) is 1.68. The Balaban J connectivity index is 1.71. The Hall–Kier alpha value is -0.790. The highest BCUT2D eigenvalue weighted by atomic mass is 32.2. The SMILES string of the molecule is COCCNCc1nnc(NCC2(SC)CCC2)o1. The minimum absolute atomic E-state index is 0.366. The second-order valence-corrected chi connectivity index (χ2v) is 6.04. The molecule has 1 aromatic rings. The predicted molar refractivity (Wildman–Crippen MR) is 76.5 cm³/mol. The maximum absolute atomic E-state index is 5.53. The van der Waals surface area contributed by atoms with Crippen molar-refractivity contribution in [2.45, 2.75) is 30.6 Å². The van der Waals surface area contributed by atoms with Crippen molar-refractivity contribution in [3.63, 3.8) is 0 Å². The van der Waals surface area contributed by atoms with E-state index in [4.69, 9.17) is 9.15 Å². The van der Waals surface area contributed by atoms with Crippen molar-refractivity contribution in [2.75, 3.05) is 38.4 Å². The molecule has 1 aromatic heterocycles. The van der Waals surface area contributed by atoms with Crippen molar-refractivity contribution in [1.82, 2.24) is 15.5 Å². The number of methoxy groups -OCH3 is 1. The van der Waals surface area contributed by atoms with Crippen LogP contribution in [0.15, 0.2) is 4.42 Å². The lowest BCUT2D eigenvalue weighted by molar-refractivity contribution is 0.198. The van der Waals surface area contributed by atoms with Crippen LogP contribution in [0.4, 0.5) is 6.01 Å². The normalized spacial score (nSPS) is 17.2. The molecule has 2 N–H and O–H groups in total. The van der Waals surface area contributed by atoms with E-state index in [1.165, 1.54) is 19.3 Å². The lowest BCUT2D eigenvalue weighted by atomic mass is 9.84. The molecule has 1 fully saturated rings. The Morgan fingerprint density at radius 3 is 2.89 bits per heavy atom. The van der Waals surface area contributed by atoms with E-state index < -0.39 is 0 Å². The smallest absolute Gasteiger partial charge is 0.315 e. The van der Waals surface area contributed by atoms with Gasteiger partial charge in [-0.2, -0.15) is 11.8 Å². The third-order valence-electron chi connectivity index (χ3n) is 3.49. The first kappa shape index (κ1) is 14.6.